The molecule has 1 saturated heterocycles. The van der Waals surface area contributed by atoms with Crippen LogP contribution in [0.15, 0.2) is 60.9 Å². The Morgan fingerprint density at radius 2 is 1.30 bits per heavy atom. The van der Waals surface area contributed by atoms with Gasteiger partial charge in [0.2, 0.25) is 0 Å². The molecule has 6 atom stereocenters. The first-order valence-electron chi connectivity index (χ1n) is 21.3. The number of ketones is 1. The van der Waals surface area contributed by atoms with Crippen molar-refractivity contribution in [3.05, 3.63) is 115 Å². The molecule has 1 fully saturated rings. The number of hydrogen-bond acceptors (Lipinski definition) is 11. The molecule has 1 aliphatic heterocycles. The maximum absolute atomic E-state index is 11.8. The summed E-state index contributed by atoms with van der Waals surface area (Å²) in [5.74, 6) is 0.433. The Morgan fingerprint density at radius 1 is 0.766 bits per heavy atom. The van der Waals surface area contributed by atoms with E-state index >= 15 is 0 Å². The van der Waals surface area contributed by atoms with E-state index in [4.69, 9.17) is 56.4 Å². The Hall–Kier alpha value is -5.25. The van der Waals surface area contributed by atoms with E-state index in [0.717, 1.165) is 60.2 Å². The van der Waals surface area contributed by atoms with Crippen LogP contribution in [0, 0.1) is 34.5 Å². The molecule has 328 valence electrons. The van der Waals surface area contributed by atoms with Crippen LogP contribution >= 0.6 is 46.4 Å². The number of nitriles is 2. The molecule has 9 rings (SSSR count). The predicted octanol–water partition coefficient (Wildman–Crippen LogP) is 10.2. The summed E-state index contributed by atoms with van der Waals surface area (Å²) in [6, 6.07) is 15.0. The summed E-state index contributed by atoms with van der Waals surface area (Å²) in [4.78, 5) is 33.1. The highest BCUT2D eigenvalue weighted by Gasteiger charge is 2.35. The van der Waals surface area contributed by atoms with E-state index in [1.54, 1.807) is 46.0 Å². The summed E-state index contributed by atoms with van der Waals surface area (Å²) in [7, 11) is 0. The first-order valence-corrected chi connectivity index (χ1v) is 22.8. The molecular formula is C47H45Cl4N11O2. The second-order valence-electron chi connectivity index (χ2n) is 16.7. The van der Waals surface area contributed by atoms with Crippen molar-refractivity contribution in [2.45, 2.75) is 90.4 Å². The van der Waals surface area contributed by atoms with Gasteiger partial charge in [-0.25, -0.2) is 29.3 Å². The molecular weight excluding hydrogens is 892 g/mol. The molecule has 13 nitrogen and oxygen atoms in total. The van der Waals surface area contributed by atoms with Crippen LogP contribution in [0.25, 0.3) is 33.5 Å². The lowest BCUT2D eigenvalue weighted by atomic mass is 9.84. The van der Waals surface area contributed by atoms with Crippen LogP contribution in [-0.2, 0) is 4.79 Å². The van der Waals surface area contributed by atoms with Crippen molar-refractivity contribution in [2.75, 3.05) is 13.2 Å². The van der Waals surface area contributed by atoms with E-state index in [2.05, 4.69) is 50.2 Å². The third kappa shape index (κ3) is 8.90. The number of fused-ring (bicyclic) bond motifs is 2. The minimum absolute atomic E-state index is 0.136. The molecule has 6 aromatic rings. The first kappa shape index (κ1) is 45.3. The Kier molecular flexibility index (Phi) is 13.5. The third-order valence-corrected chi connectivity index (χ3v) is 13.8. The molecule has 64 heavy (non-hydrogen) atoms. The lowest BCUT2D eigenvalue weighted by molar-refractivity contribution is -0.121. The van der Waals surface area contributed by atoms with Gasteiger partial charge in [0, 0.05) is 44.5 Å². The van der Waals surface area contributed by atoms with E-state index in [-0.39, 0.29) is 47.8 Å². The second kappa shape index (κ2) is 19.1. The number of aliphatic hydroxyl groups excluding tert-OH is 1. The highest BCUT2D eigenvalue weighted by Crippen LogP contribution is 2.37. The Bertz CT molecular complexity index is 2930. The smallest absolute Gasteiger partial charge is 0.190 e. The van der Waals surface area contributed by atoms with Gasteiger partial charge in [-0.15, -0.1) is 0 Å². The highest BCUT2D eigenvalue weighted by atomic mass is 35.5. The molecule has 0 bridgehead atoms. The minimum atomic E-state index is -0.283. The molecule has 0 saturated carbocycles. The molecule has 2 aromatic carbocycles. The van der Waals surface area contributed by atoms with Crippen molar-refractivity contribution in [3.63, 3.8) is 0 Å². The number of hydrogen-bond donors (Lipinski definition) is 1. The molecule has 17 heteroatoms. The number of benzene rings is 2. The van der Waals surface area contributed by atoms with Gasteiger partial charge in [-0.3, -0.25) is 9.69 Å². The van der Waals surface area contributed by atoms with Gasteiger partial charge in [-0.05, 0) is 105 Å². The fraction of sp³-hybridized carbons (Fsp3) is 0.383. The summed E-state index contributed by atoms with van der Waals surface area (Å²) in [6.07, 6.45) is 12.9. The van der Waals surface area contributed by atoms with Crippen LogP contribution in [-0.4, -0.2) is 80.5 Å². The molecule has 0 radical (unpaired) electrons. The minimum Gasteiger partial charge on any atom is -0.395 e. The van der Waals surface area contributed by atoms with Crippen molar-refractivity contribution in [3.8, 4) is 12.1 Å². The highest BCUT2D eigenvalue weighted by molar-refractivity contribution is 6.35. The number of likely N-dealkylation sites (tertiary alicyclic amines) is 1. The molecule has 3 aliphatic rings. The van der Waals surface area contributed by atoms with Gasteiger partial charge >= 0.3 is 0 Å². The number of nitrogens with zero attached hydrogens (tertiary/aromatic N) is 11. The van der Waals surface area contributed by atoms with Crippen molar-refractivity contribution in [1.82, 2.24) is 44.4 Å². The lowest BCUT2D eigenvalue weighted by Gasteiger charge is -2.38. The second-order valence-corrected chi connectivity index (χ2v) is 18.4. The van der Waals surface area contributed by atoms with Crippen LogP contribution in [0.5, 0.6) is 0 Å². The maximum Gasteiger partial charge on any atom is 0.190 e. The largest absolute Gasteiger partial charge is 0.395 e. The van der Waals surface area contributed by atoms with Gasteiger partial charge in [-0.1, -0.05) is 84.5 Å². The zero-order valence-corrected chi connectivity index (χ0v) is 38.7. The lowest BCUT2D eigenvalue weighted by Crippen LogP contribution is -2.45. The number of rotatable bonds is 8. The zero-order chi connectivity index (χ0) is 45.4. The summed E-state index contributed by atoms with van der Waals surface area (Å²) in [5.41, 5.74) is 7.73. The quantitative estimate of drug-likeness (QED) is 0.154. The fourth-order valence-electron chi connectivity index (χ4n) is 9.19. The van der Waals surface area contributed by atoms with Crippen molar-refractivity contribution < 1.29 is 9.90 Å². The molecule has 2 aliphatic carbocycles. The van der Waals surface area contributed by atoms with Crippen LogP contribution in [0.2, 0.25) is 20.1 Å². The van der Waals surface area contributed by atoms with E-state index in [9.17, 15) is 20.4 Å². The number of halogens is 4. The number of allylic oxidation sites excluding steroid dienone is 3. The molecule has 1 N–H and O–H groups in total. The van der Waals surface area contributed by atoms with Gasteiger partial charge < -0.3 is 5.11 Å². The van der Waals surface area contributed by atoms with E-state index in [1.165, 1.54) is 0 Å². The predicted molar refractivity (Wildman–Crippen MR) is 249 cm³/mol. The van der Waals surface area contributed by atoms with Crippen LogP contribution in [0.1, 0.15) is 112 Å². The summed E-state index contributed by atoms with van der Waals surface area (Å²) >= 11 is 24.9. The average Bonchev–Trinajstić information content (AvgIpc) is 4.02. The topological polar surface area (TPSA) is 175 Å². The van der Waals surface area contributed by atoms with Crippen molar-refractivity contribution in [2.24, 2.45) is 11.8 Å². The Morgan fingerprint density at radius 3 is 1.77 bits per heavy atom. The third-order valence-electron chi connectivity index (χ3n) is 12.7. The van der Waals surface area contributed by atoms with Crippen molar-refractivity contribution in [1.29, 1.82) is 10.5 Å². The monoisotopic (exact) mass is 935 g/mol. The Labute approximate surface area is 391 Å². The fourth-order valence-corrected chi connectivity index (χ4v) is 10.3. The molecule has 5 heterocycles. The zero-order valence-electron chi connectivity index (χ0n) is 35.7. The number of aromatic nitrogens is 8. The Balaban J connectivity index is 0.000000178. The van der Waals surface area contributed by atoms with Crippen molar-refractivity contribution >= 4 is 85.7 Å². The van der Waals surface area contributed by atoms with Gasteiger partial charge in [0.05, 0.1) is 42.5 Å². The normalized spacial score (nSPS) is 21.1. The number of aliphatic hydroxyl groups is 1. The maximum atomic E-state index is 11.8. The average molecular weight is 938 g/mol. The summed E-state index contributed by atoms with van der Waals surface area (Å²) in [6.45, 7) is 9.30. The number of Topliss-reactive ketones (excluding diaryl/α,β-unsaturated/α-hetero) is 1. The van der Waals surface area contributed by atoms with E-state index < -0.39 is 0 Å². The molecule has 1 unspecified atom stereocenters. The van der Waals surface area contributed by atoms with Crippen LogP contribution in [0.3, 0.4) is 0 Å². The van der Waals surface area contributed by atoms with Gasteiger partial charge in [-0.2, -0.15) is 20.7 Å². The standard InChI is InChI=1S/C26H28Cl2N6O.C21H17Cl2N5O/c1-15-10-17(5-8-24(15)33-9-3-4-19(33)14-35)23-13-30-25-22(12-29)32-34(26(25)31-23)16(2)20-7-6-18(27)11-21(20)28;1-11-7-13(3-6-19(11)29)18-10-25-20-17(9-24)27-28(21(20)26-18)12(2)15-5-4-14(22)8-16(15)23/h6-7,10-11,13,15-16,19,24,35H,3-5,8-9,14H2,1-2H3;4-5,7-8,10-12H,3,6H2,1-2H3/t15-,16-,19+,24+;11?,12-/m11/s1. The van der Waals surface area contributed by atoms with Gasteiger partial charge in [0.15, 0.2) is 22.7 Å². The molecule has 4 aromatic heterocycles. The van der Waals surface area contributed by atoms with E-state index in [1.807, 2.05) is 39.0 Å². The van der Waals surface area contributed by atoms with E-state index in [0.29, 0.717) is 72.9 Å². The SMILES string of the molecule is CC1C=C(c2cnc3c(C#N)nn([C@H](C)c4ccc(Cl)cc4Cl)c3n2)CCC1=O.C[C@@H]1C=C(c2cnc3c(C#N)nn([C@H](C)c4ccc(Cl)cc4Cl)c3n2)CC[C@@H]1N1CCC[C@H]1CO. The van der Waals surface area contributed by atoms with Gasteiger partial charge in [0.1, 0.15) is 29.0 Å². The molecule has 0 amide bonds. The number of carbonyl (C=O) groups is 1. The summed E-state index contributed by atoms with van der Waals surface area (Å²) < 4.78 is 3.39. The number of carbonyl (C=O) groups excluding carboxylic acids is 1. The van der Waals surface area contributed by atoms with Crippen LogP contribution in [0.4, 0.5) is 0 Å². The first-order chi connectivity index (χ1) is 30.8. The van der Waals surface area contributed by atoms with Crippen LogP contribution < -0.4 is 0 Å². The molecule has 0 spiro atoms. The van der Waals surface area contributed by atoms with Gasteiger partial charge in [0.25, 0.3) is 0 Å². The summed E-state index contributed by atoms with van der Waals surface area (Å²) in [5, 5.41) is 40.0.